The number of allylic oxidation sites excluding steroid dienone is 2. The van der Waals surface area contributed by atoms with Crippen LogP contribution >= 0.6 is 11.6 Å². The molecular weight excluding hydrogens is 164 g/mol. The van der Waals surface area contributed by atoms with Gasteiger partial charge in [-0.25, -0.2) is 0 Å². The van der Waals surface area contributed by atoms with Crippen LogP contribution in [0.1, 0.15) is 19.8 Å². The largest absolute Gasteiger partial charge is 0.435 e. The van der Waals surface area contributed by atoms with Crippen LogP contribution in [0.5, 0.6) is 0 Å². The third-order valence-corrected chi connectivity index (χ3v) is 1.34. The van der Waals surface area contributed by atoms with Crippen molar-refractivity contribution in [1.29, 1.82) is 0 Å². The Morgan fingerprint density at radius 1 is 1.91 bits per heavy atom. The molecule has 0 fully saturated rings. The molecule has 0 aliphatic heterocycles. The molecule has 0 radical (unpaired) electrons. The Morgan fingerprint density at radius 2 is 2.36 bits per heavy atom. The second kappa shape index (κ2) is 5.98. The van der Waals surface area contributed by atoms with Gasteiger partial charge < -0.3 is 4.74 Å². The van der Waals surface area contributed by atoms with Crippen LogP contribution in [-0.4, -0.2) is 5.97 Å². The topological polar surface area (TPSA) is 26.3 Å². The molecule has 3 heteroatoms. The van der Waals surface area contributed by atoms with Gasteiger partial charge in [-0.05, 0) is 12.8 Å². The van der Waals surface area contributed by atoms with E-state index in [2.05, 4.69) is 11.3 Å². The summed E-state index contributed by atoms with van der Waals surface area (Å²) in [4.78, 5) is 9.75. The maximum atomic E-state index is 9.75. The lowest BCUT2D eigenvalue weighted by atomic mass is 10.1. The van der Waals surface area contributed by atoms with Crippen molar-refractivity contribution in [3.8, 4) is 0 Å². The normalized spacial score (nSPS) is 13.1. The number of hydrogen-bond donors (Lipinski definition) is 0. The lowest BCUT2D eigenvalue weighted by Crippen LogP contribution is -1.87. The molecule has 0 saturated heterocycles. The zero-order valence-corrected chi connectivity index (χ0v) is 7.23. The summed E-state index contributed by atoms with van der Waals surface area (Å²) in [6.45, 7) is 4.48. The molecule has 0 amide bonds. The molecule has 62 valence electrons. The molecule has 1 rings (SSSR count). The Hall–Kier alpha value is -0.760. The van der Waals surface area contributed by atoms with E-state index < -0.39 is 0 Å². The van der Waals surface area contributed by atoms with Crippen LogP contribution in [0, 0.1) is 0 Å². The second-order valence-electron chi connectivity index (χ2n) is 1.97. The van der Waals surface area contributed by atoms with E-state index in [1.54, 1.807) is 0 Å². The Balaban J connectivity index is 0.000000183. The first-order valence-corrected chi connectivity index (χ1v) is 3.67. The molecule has 0 aromatic heterocycles. The monoisotopic (exact) mass is 174 g/mol. The molecule has 0 unspecified atom stereocenters. The van der Waals surface area contributed by atoms with Gasteiger partial charge in [0.05, 0.1) is 6.26 Å². The Labute approximate surface area is 71.5 Å². The molecule has 0 N–H and O–H groups in total. The van der Waals surface area contributed by atoms with Crippen molar-refractivity contribution in [1.82, 2.24) is 0 Å². The molecule has 0 atom stereocenters. The smallest absolute Gasteiger partial charge is 0.307 e. The van der Waals surface area contributed by atoms with Gasteiger partial charge in [-0.3, -0.25) is 4.79 Å². The van der Waals surface area contributed by atoms with Crippen LogP contribution < -0.4 is 0 Å². The number of halogens is 1. The van der Waals surface area contributed by atoms with E-state index in [1.165, 1.54) is 13.3 Å². The standard InChI is InChI=1S/C4H5Cl.C4H6O2/c5-4-2-1-3-4;1-3-6-4(2)5/h2H,1,3H2;3H,1H2,2H3. The minimum atomic E-state index is -0.329. The number of esters is 1. The average molecular weight is 175 g/mol. The highest BCUT2D eigenvalue weighted by Crippen LogP contribution is 2.20. The lowest BCUT2D eigenvalue weighted by molar-refractivity contribution is -0.135. The maximum Gasteiger partial charge on any atom is 0.307 e. The first kappa shape index (κ1) is 10.2. The molecule has 1 aliphatic rings. The van der Waals surface area contributed by atoms with Gasteiger partial charge >= 0.3 is 5.97 Å². The van der Waals surface area contributed by atoms with Gasteiger partial charge in [-0.15, -0.1) is 0 Å². The molecule has 0 saturated carbocycles. The SMILES string of the molecule is C=COC(C)=O.ClC1=CCC1. The van der Waals surface area contributed by atoms with Crippen molar-refractivity contribution in [2.45, 2.75) is 19.8 Å². The third-order valence-electron chi connectivity index (χ3n) is 0.998. The van der Waals surface area contributed by atoms with Crippen molar-refractivity contribution in [2.75, 3.05) is 0 Å². The maximum absolute atomic E-state index is 9.75. The Bertz CT molecular complexity index is 173. The van der Waals surface area contributed by atoms with Crippen molar-refractivity contribution in [3.05, 3.63) is 23.9 Å². The summed E-state index contributed by atoms with van der Waals surface area (Å²) in [6.07, 6.45) is 5.43. The summed E-state index contributed by atoms with van der Waals surface area (Å²) >= 11 is 5.41. The van der Waals surface area contributed by atoms with E-state index in [0.29, 0.717) is 0 Å². The Morgan fingerprint density at radius 3 is 2.36 bits per heavy atom. The summed E-state index contributed by atoms with van der Waals surface area (Å²) in [7, 11) is 0. The summed E-state index contributed by atoms with van der Waals surface area (Å²) in [5, 5.41) is 1.03. The van der Waals surface area contributed by atoms with E-state index >= 15 is 0 Å². The van der Waals surface area contributed by atoms with Crippen molar-refractivity contribution >= 4 is 17.6 Å². The molecule has 0 heterocycles. The average Bonchev–Trinajstić information content (AvgIpc) is 1.85. The molecular formula is C8H11ClO2. The van der Waals surface area contributed by atoms with Crippen LogP contribution in [0.25, 0.3) is 0 Å². The molecule has 0 bridgehead atoms. The van der Waals surface area contributed by atoms with Crippen molar-refractivity contribution in [2.24, 2.45) is 0 Å². The molecule has 11 heavy (non-hydrogen) atoms. The first-order chi connectivity index (χ1) is 5.16. The highest BCUT2D eigenvalue weighted by Gasteiger charge is 1.97. The van der Waals surface area contributed by atoms with Gasteiger partial charge in [-0.1, -0.05) is 24.3 Å². The van der Waals surface area contributed by atoms with Crippen molar-refractivity contribution in [3.63, 3.8) is 0 Å². The van der Waals surface area contributed by atoms with Gasteiger partial charge in [0.25, 0.3) is 0 Å². The van der Waals surface area contributed by atoms with Gasteiger partial charge in [0.2, 0.25) is 0 Å². The minimum absolute atomic E-state index is 0.329. The molecule has 2 nitrogen and oxygen atoms in total. The van der Waals surface area contributed by atoms with E-state index in [-0.39, 0.29) is 5.97 Å². The van der Waals surface area contributed by atoms with Crippen molar-refractivity contribution < 1.29 is 9.53 Å². The lowest BCUT2D eigenvalue weighted by Gasteiger charge is -2.02. The first-order valence-electron chi connectivity index (χ1n) is 3.29. The Kier molecular flexibility index (Phi) is 5.57. The zero-order valence-electron chi connectivity index (χ0n) is 6.47. The van der Waals surface area contributed by atoms with Gasteiger partial charge in [0.1, 0.15) is 0 Å². The second-order valence-corrected chi connectivity index (χ2v) is 2.45. The van der Waals surface area contributed by atoms with Crippen LogP contribution in [0.2, 0.25) is 0 Å². The highest BCUT2D eigenvalue weighted by molar-refractivity contribution is 6.30. The van der Waals surface area contributed by atoms with E-state index in [4.69, 9.17) is 11.6 Å². The van der Waals surface area contributed by atoms with Crippen LogP contribution in [-0.2, 0) is 9.53 Å². The summed E-state index contributed by atoms with van der Waals surface area (Å²) < 4.78 is 4.17. The summed E-state index contributed by atoms with van der Waals surface area (Å²) in [5.41, 5.74) is 0. The fourth-order valence-electron chi connectivity index (χ4n) is 0.371. The zero-order chi connectivity index (χ0) is 8.69. The fourth-order valence-corrected chi connectivity index (χ4v) is 0.589. The number of carbonyl (C=O) groups is 1. The number of carbonyl (C=O) groups excluding carboxylic acids is 1. The van der Waals surface area contributed by atoms with Gasteiger partial charge in [0.15, 0.2) is 0 Å². The highest BCUT2D eigenvalue weighted by atomic mass is 35.5. The molecule has 0 aromatic carbocycles. The molecule has 0 aromatic rings. The van der Waals surface area contributed by atoms with Gasteiger partial charge in [0, 0.05) is 12.0 Å². The van der Waals surface area contributed by atoms with Crippen LogP contribution in [0.4, 0.5) is 0 Å². The number of ether oxygens (including phenoxy) is 1. The summed E-state index contributed by atoms with van der Waals surface area (Å²) in [5.74, 6) is -0.329. The van der Waals surface area contributed by atoms with Crippen LogP contribution in [0.15, 0.2) is 23.9 Å². The summed E-state index contributed by atoms with van der Waals surface area (Å²) in [6, 6.07) is 0. The van der Waals surface area contributed by atoms with Gasteiger partial charge in [-0.2, -0.15) is 0 Å². The molecule has 1 aliphatic carbocycles. The van der Waals surface area contributed by atoms with E-state index in [9.17, 15) is 4.79 Å². The minimum Gasteiger partial charge on any atom is -0.435 e. The fraction of sp³-hybridized carbons (Fsp3) is 0.375. The molecule has 0 spiro atoms. The third kappa shape index (κ3) is 7.13. The quantitative estimate of drug-likeness (QED) is 0.451. The number of hydrogen-bond acceptors (Lipinski definition) is 2. The predicted octanol–water partition coefficient (Wildman–Crippen LogP) is 2.60. The van der Waals surface area contributed by atoms with Crippen LogP contribution in [0.3, 0.4) is 0 Å². The van der Waals surface area contributed by atoms with E-state index in [0.717, 1.165) is 17.7 Å². The predicted molar refractivity (Wildman–Crippen MR) is 45.1 cm³/mol. The van der Waals surface area contributed by atoms with E-state index in [1.807, 2.05) is 6.08 Å². The number of rotatable bonds is 1.